The van der Waals surface area contributed by atoms with Crippen molar-refractivity contribution in [2.24, 2.45) is 0 Å². The van der Waals surface area contributed by atoms with Crippen LogP contribution in [0.15, 0.2) is 12.7 Å². The fourth-order valence-electron chi connectivity index (χ4n) is 1.25. The van der Waals surface area contributed by atoms with Crippen LogP contribution in [0.25, 0.3) is 0 Å². The third kappa shape index (κ3) is 11.8. The van der Waals surface area contributed by atoms with E-state index in [0.29, 0.717) is 0 Å². The lowest BCUT2D eigenvalue weighted by atomic mass is 10.4. The van der Waals surface area contributed by atoms with E-state index in [1.54, 1.807) is 0 Å². The number of hydrogen-bond acceptors (Lipinski definition) is 2. The predicted molar refractivity (Wildman–Crippen MR) is 58.7 cm³/mol. The maximum Gasteiger partial charge on any atom is 0.101 e. The highest BCUT2D eigenvalue weighted by molar-refractivity contribution is 4.62. The zero-order valence-electron chi connectivity index (χ0n) is 9.93. The molecule has 0 aliphatic heterocycles. The molecule has 0 saturated carbocycles. The fourth-order valence-corrected chi connectivity index (χ4v) is 1.25. The van der Waals surface area contributed by atoms with Crippen LogP contribution in [0.3, 0.4) is 0 Å². The Morgan fingerprint density at radius 1 is 1.07 bits per heavy atom. The molecule has 0 bridgehead atoms. The van der Waals surface area contributed by atoms with Crippen molar-refractivity contribution in [3.63, 3.8) is 0 Å². The van der Waals surface area contributed by atoms with Crippen LogP contribution in [0.1, 0.15) is 13.8 Å². The number of ether oxygens (including phenoxy) is 2. The summed E-state index contributed by atoms with van der Waals surface area (Å²) >= 11 is 0. The Labute approximate surface area is 99.8 Å². The van der Waals surface area contributed by atoms with Crippen molar-refractivity contribution in [2.45, 2.75) is 13.8 Å². The molecule has 0 rings (SSSR count). The highest BCUT2D eigenvalue weighted by Crippen LogP contribution is 1.70. The summed E-state index contributed by atoms with van der Waals surface area (Å²) in [5, 5.41) is 0. The van der Waals surface area contributed by atoms with E-state index < -0.39 is 0 Å². The average molecular weight is 238 g/mol. The molecule has 0 aromatic heterocycles. The standard InChI is InChI=1S/C11H23NO2.ClH/c1-4-7-12(8-10-13-5-2)9-11-14-6-3;/h4H,1,5-11H2,2-3H3;1H. The summed E-state index contributed by atoms with van der Waals surface area (Å²) in [6, 6.07) is 0. The maximum atomic E-state index is 5.32. The summed E-state index contributed by atoms with van der Waals surface area (Å²) in [6.07, 6.45) is 1.95. The van der Waals surface area contributed by atoms with Gasteiger partial charge in [0.25, 0.3) is 0 Å². The van der Waals surface area contributed by atoms with Crippen LogP contribution in [0.2, 0.25) is 0 Å². The van der Waals surface area contributed by atoms with Gasteiger partial charge in [-0.1, -0.05) is 6.58 Å². The zero-order chi connectivity index (χ0) is 10.6. The Balaban J connectivity index is 0. The number of rotatable bonds is 10. The molecule has 0 atom stereocenters. The van der Waals surface area contributed by atoms with Crippen molar-refractivity contribution >= 4 is 0 Å². The van der Waals surface area contributed by atoms with Gasteiger partial charge in [-0.3, -0.25) is 0 Å². The van der Waals surface area contributed by atoms with E-state index in [9.17, 15) is 0 Å². The Hall–Kier alpha value is -0.0900. The minimum Gasteiger partial charge on any atom is -1.00 e. The Bertz CT molecular complexity index is 124. The highest BCUT2D eigenvalue weighted by atomic mass is 35.5. The third-order valence-electron chi connectivity index (χ3n) is 2.04. The molecule has 4 heteroatoms. The molecule has 0 aromatic rings. The molecular formula is C11H24ClNO2. The van der Waals surface area contributed by atoms with Gasteiger partial charge >= 0.3 is 0 Å². The quantitative estimate of drug-likeness (QED) is 0.326. The lowest BCUT2D eigenvalue weighted by Gasteiger charge is -2.17. The van der Waals surface area contributed by atoms with Gasteiger partial charge in [-0.25, -0.2) is 0 Å². The van der Waals surface area contributed by atoms with E-state index in [4.69, 9.17) is 9.47 Å². The molecule has 0 radical (unpaired) electrons. The van der Waals surface area contributed by atoms with Gasteiger partial charge in [-0.05, 0) is 19.9 Å². The van der Waals surface area contributed by atoms with Crippen molar-refractivity contribution in [1.82, 2.24) is 0 Å². The third-order valence-corrected chi connectivity index (χ3v) is 2.04. The summed E-state index contributed by atoms with van der Waals surface area (Å²) in [4.78, 5) is 1.47. The van der Waals surface area contributed by atoms with Crippen LogP contribution >= 0.6 is 0 Å². The van der Waals surface area contributed by atoms with Crippen LogP contribution < -0.4 is 17.3 Å². The van der Waals surface area contributed by atoms with Crippen molar-refractivity contribution in [3.05, 3.63) is 12.7 Å². The molecule has 0 aromatic carbocycles. The molecule has 3 nitrogen and oxygen atoms in total. The molecule has 0 saturated heterocycles. The first-order chi connectivity index (χ1) is 6.85. The Morgan fingerprint density at radius 2 is 1.53 bits per heavy atom. The van der Waals surface area contributed by atoms with Gasteiger partial charge in [0.05, 0.1) is 19.8 Å². The minimum atomic E-state index is 0. The van der Waals surface area contributed by atoms with E-state index in [1.165, 1.54) is 4.90 Å². The summed E-state index contributed by atoms with van der Waals surface area (Å²) in [7, 11) is 0. The second kappa shape index (κ2) is 13.9. The van der Waals surface area contributed by atoms with Crippen LogP contribution in [0.4, 0.5) is 0 Å². The molecular weight excluding hydrogens is 214 g/mol. The number of hydrogen-bond donors (Lipinski definition) is 1. The Kier molecular flexibility index (Phi) is 16.1. The molecule has 0 aliphatic carbocycles. The summed E-state index contributed by atoms with van der Waals surface area (Å²) < 4.78 is 10.6. The smallest absolute Gasteiger partial charge is 0.101 e. The van der Waals surface area contributed by atoms with E-state index in [0.717, 1.165) is 46.1 Å². The first-order valence-electron chi connectivity index (χ1n) is 5.45. The van der Waals surface area contributed by atoms with Crippen LogP contribution in [-0.4, -0.2) is 46.1 Å². The van der Waals surface area contributed by atoms with Crippen molar-refractivity contribution in [1.29, 1.82) is 0 Å². The molecule has 0 aliphatic rings. The van der Waals surface area contributed by atoms with Gasteiger partial charge in [0.1, 0.15) is 13.1 Å². The van der Waals surface area contributed by atoms with Crippen molar-refractivity contribution in [2.75, 3.05) is 46.1 Å². The number of nitrogens with one attached hydrogen (secondary N) is 1. The first kappa shape index (κ1) is 17.3. The topological polar surface area (TPSA) is 22.9 Å². The lowest BCUT2D eigenvalue weighted by molar-refractivity contribution is -0.895. The molecule has 1 N–H and O–H groups in total. The summed E-state index contributed by atoms with van der Waals surface area (Å²) in [5.74, 6) is 0. The van der Waals surface area contributed by atoms with Crippen LogP contribution in [0.5, 0.6) is 0 Å². The largest absolute Gasteiger partial charge is 1.00 e. The summed E-state index contributed by atoms with van der Waals surface area (Å²) in [5.41, 5.74) is 0. The van der Waals surface area contributed by atoms with Gasteiger partial charge in [-0.2, -0.15) is 0 Å². The van der Waals surface area contributed by atoms with Gasteiger partial charge in [-0.15, -0.1) is 0 Å². The second-order valence-electron chi connectivity index (χ2n) is 3.14. The normalized spacial score (nSPS) is 10.1. The number of quaternary nitrogens is 1. The number of halogens is 1. The van der Waals surface area contributed by atoms with Gasteiger partial charge in [0, 0.05) is 13.2 Å². The van der Waals surface area contributed by atoms with E-state index in [-0.39, 0.29) is 12.4 Å². The predicted octanol–water partition coefficient (Wildman–Crippen LogP) is -2.87. The molecule has 15 heavy (non-hydrogen) atoms. The van der Waals surface area contributed by atoms with Crippen molar-refractivity contribution < 1.29 is 26.8 Å². The maximum absolute atomic E-state index is 5.32. The average Bonchev–Trinajstić information content (AvgIpc) is 2.18. The fraction of sp³-hybridized carbons (Fsp3) is 0.818. The minimum absolute atomic E-state index is 0. The van der Waals surface area contributed by atoms with Gasteiger partial charge < -0.3 is 26.8 Å². The Morgan fingerprint density at radius 3 is 1.87 bits per heavy atom. The van der Waals surface area contributed by atoms with E-state index >= 15 is 0 Å². The van der Waals surface area contributed by atoms with Gasteiger partial charge in [0.15, 0.2) is 0 Å². The summed E-state index contributed by atoms with van der Waals surface area (Å²) in [6.45, 7) is 14.1. The molecule has 0 spiro atoms. The highest BCUT2D eigenvalue weighted by Gasteiger charge is 2.05. The second-order valence-corrected chi connectivity index (χ2v) is 3.14. The van der Waals surface area contributed by atoms with Crippen molar-refractivity contribution in [3.8, 4) is 0 Å². The SMILES string of the molecule is C=CC[NH+](CCOCC)CCOCC.[Cl-]. The van der Waals surface area contributed by atoms with Crippen LogP contribution in [-0.2, 0) is 9.47 Å². The van der Waals surface area contributed by atoms with E-state index in [2.05, 4.69) is 6.58 Å². The van der Waals surface area contributed by atoms with Crippen LogP contribution in [0, 0.1) is 0 Å². The molecule has 92 valence electrons. The molecule has 0 fully saturated rings. The monoisotopic (exact) mass is 237 g/mol. The molecule has 0 unspecified atom stereocenters. The van der Waals surface area contributed by atoms with Gasteiger partial charge in [0.2, 0.25) is 0 Å². The van der Waals surface area contributed by atoms with E-state index in [1.807, 2.05) is 19.9 Å². The zero-order valence-corrected chi connectivity index (χ0v) is 10.7. The molecule has 0 heterocycles. The lowest BCUT2D eigenvalue weighted by Crippen LogP contribution is -3.12. The molecule has 0 amide bonds. The first-order valence-corrected chi connectivity index (χ1v) is 5.45.